The lowest BCUT2D eigenvalue weighted by Gasteiger charge is -2.49. The van der Waals surface area contributed by atoms with Gasteiger partial charge in [-0.05, 0) is 18.9 Å². The van der Waals surface area contributed by atoms with Gasteiger partial charge in [-0.15, -0.1) is 32.5 Å². The molecule has 2 atom stereocenters. The summed E-state index contributed by atoms with van der Waals surface area (Å²) in [5.74, 6) is -0.807. The van der Waals surface area contributed by atoms with Gasteiger partial charge in [-0.1, -0.05) is 28.1 Å². The molecule has 7 rings (SSSR count). The Bertz CT molecular complexity index is 1880. The third-order valence-electron chi connectivity index (χ3n) is 8.96. The highest BCUT2D eigenvalue weighted by Gasteiger charge is 2.54. The number of amides is 1. The Kier molecular flexibility index (Phi) is 8.95. The van der Waals surface area contributed by atoms with Crippen LogP contribution < -0.4 is 15.3 Å². The number of β-lactam (4-membered cyclic amide) rings is 1. The van der Waals surface area contributed by atoms with Crippen molar-refractivity contribution in [1.29, 1.82) is 5.41 Å². The number of nitrogen functional groups attached to an aromatic ring is 1. The number of aliphatic carboxylic acids is 1. The zero-order valence-corrected chi connectivity index (χ0v) is 29.1. The quantitative estimate of drug-likeness (QED) is 0.0875. The van der Waals surface area contributed by atoms with Crippen LogP contribution in [-0.2, 0) is 38.9 Å². The van der Waals surface area contributed by atoms with E-state index in [0.29, 0.717) is 23.7 Å². The molecule has 0 radical (unpaired) electrons. The van der Waals surface area contributed by atoms with E-state index in [9.17, 15) is 19.5 Å². The standard InChI is InChI=1S/C30H32ClN9O5S3/c1-45-35-22(23-25(31)48-30(33)34-23)20(41)11-19-27(42)40-24(29(43)44)17(15-47-28(19)40)12-38-7-4-21-37(8-9-39(21)38)13-18-10-16(14-46-18)26(32)36-5-2-3-6-36/h4,7,10,14,19,28,32H,2-3,5-6,8-9,11-13,15H2,1H3,(H2-,33,34,43,44)/p+1/b32-26?,35-22+/t19-,28-/m1/s1. The fraction of sp³-hybridized carbons (Fsp3) is 0.433. The van der Waals surface area contributed by atoms with Crippen molar-refractivity contribution in [3.8, 4) is 0 Å². The smallest absolute Gasteiger partial charge is 0.352 e. The minimum absolute atomic E-state index is 0.0296. The van der Waals surface area contributed by atoms with Gasteiger partial charge in [0.15, 0.2) is 35.2 Å². The summed E-state index contributed by atoms with van der Waals surface area (Å²) < 4.78 is 4.31. The van der Waals surface area contributed by atoms with E-state index in [0.717, 1.165) is 68.3 Å². The second kappa shape index (κ2) is 13.2. The first-order chi connectivity index (χ1) is 23.1. The van der Waals surface area contributed by atoms with E-state index >= 15 is 0 Å². The fourth-order valence-electron chi connectivity index (χ4n) is 6.70. The van der Waals surface area contributed by atoms with Gasteiger partial charge in [0.2, 0.25) is 5.91 Å². The number of aromatic nitrogens is 3. The Labute approximate surface area is 292 Å². The number of likely N-dealkylation sites (tertiary alicyclic amines) is 1. The first-order valence-electron chi connectivity index (χ1n) is 15.4. The van der Waals surface area contributed by atoms with Crippen LogP contribution in [0.3, 0.4) is 0 Å². The van der Waals surface area contributed by atoms with Crippen LogP contribution in [-0.4, -0.2) is 91.6 Å². The SMILES string of the molecule is CO/N=C(\C(=O)C[C@@H]1C(=O)N2C(C(=O)O)=C(C[n+]3ccc4n3CCN4Cc3cc(C(=N)N4CCCC4)cs3)CS[C@H]12)c1nc(N)sc1Cl. The van der Waals surface area contributed by atoms with Gasteiger partial charge in [-0.25, -0.2) is 9.78 Å². The Morgan fingerprint density at radius 1 is 1.27 bits per heavy atom. The number of nitrogens with zero attached hydrogens (tertiary/aromatic N) is 7. The molecule has 4 N–H and O–H groups in total. The fourth-order valence-corrected chi connectivity index (χ4v) is 9.92. The van der Waals surface area contributed by atoms with Gasteiger partial charge in [-0.2, -0.15) is 0 Å². The average molecular weight is 731 g/mol. The number of thiophene rings is 1. The number of hydrogen-bond donors (Lipinski definition) is 3. The van der Waals surface area contributed by atoms with Crippen molar-refractivity contribution < 1.29 is 29.0 Å². The van der Waals surface area contributed by atoms with Crippen LogP contribution in [0, 0.1) is 11.3 Å². The van der Waals surface area contributed by atoms with Gasteiger partial charge < -0.3 is 25.5 Å². The van der Waals surface area contributed by atoms with Gasteiger partial charge in [-0.3, -0.25) is 19.9 Å². The molecule has 0 saturated carbocycles. The van der Waals surface area contributed by atoms with E-state index < -0.39 is 29.0 Å². The summed E-state index contributed by atoms with van der Waals surface area (Å²) in [5.41, 5.74) is 7.26. The van der Waals surface area contributed by atoms with Crippen LogP contribution >= 0.6 is 46.0 Å². The van der Waals surface area contributed by atoms with E-state index in [1.165, 1.54) is 28.6 Å². The number of fused-ring (bicyclic) bond motifs is 2. The highest BCUT2D eigenvalue weighted by atomic mass is 35.5. The number of ketones is 1. The maximum atomic E-state index is 13.4. The monoisotopic (exact) mass is 730 g/mol. The van der Waals surface area contributed by atoms with E-state index in [-0.39, 0.29) is 33.0 Å². The Morgan fingerprint density at radius 3 is 2.77 bits per heavy atom. The zero-order valence-electron chi connectivity index (χ0n) is 25.9. The maximum absolute atomic E-state index is 13.4. The first kappa shape index (κ1) is 32.6. The number of oxime groups is 1. The zero-order chi connectivity index (χ0) is 33.7. The predicted molar refractivity (Wildman–Crippen MR) is 184 cm³/mol. The minimum Gasteiger partial charge on any atom is -0.477 e. The summed E-state index contributed by atoms with van der Waals surface area (Å²) >= 11 is 10.3. The molecule has 4 aliphatic rings. The molecule has 0 unspecified atom stereocenters. The van der Waals surface area contributed by atoms with Crippen molar-refractivity contribution in [2.45, 2.75) is 44.3 Å². The molecule has 18 heteroatoms. The Hall–Kier alpha value is -3.93. The van der Waals surface area contributed by atoms with Crippen molar-refractivity contribution in [3.05, 3.63) is 55.5 Å². The molecule has 7 heterocycles. The number of nitrogens with two attached hydrogens (primary N) is 1. The summed E-state index contributed by atoms with van der Waals surface area (Å²) in [4.78, 5) is 55.1. The second-order valence-electron chi connectivity index (χ2n) is 11.9. The van der Waals surface area contributed by atoms with Crippen LogP contribution in [0.25, 0.3) is 0 Å². The molecule has 3 aromatic rings. The highest BCUT2D eigenvalue weighted by molar-refractivity contribution is 8.00. The lowest BCUT2D eigenvalue weighted by atomic mass is 9.89. The van der Waals surface area contributed by atoms with Crippen LogP contribution in [0.2, 0.25) is 4.34 Å². The molecule has 0 spiro atoms. The summed E-state index contributed by atoms with van der Waals surface area (Å²) in [6, 6.07) is 4.15. The number of rotatable bonds is 11. The molecule has 0 bridgehead atoms. The topological polar surface area (TPSA) is 174 Å². The predicted octanol–water partition coefficient (Wildman–Crippen LogP) is 2.85. The second-order valence-corrected chi connectivity index (χ2v) is 15.6. The number of thiazole rings is 1. The van der Waals surface area contributed by atoms with E-state index in [4.69, 9.17) is 27.6 Å². The van der Waals surface area contributed by atoms with Crippen LogP contribution in [0.5, 0.6) is 0 Å². The van der Waals surface area contributed by atoms with Gasteiger partial charge in [0.25, 0.3) is 0 Å². The van der Waals surface area contributed by atoms with Crippen molar-refractivity contribution in [1.82, 2.24) is 19.5 Å². The van der Waals surface area contributed by atoms with Gasteiger partial charge in [0.05, 0.1) is 30.4 Å². The molecule has 0 aliphatic carbocycles. The molecule has 252 valence electrons. The summed E-state index contributed by atoms with van der Waals surface area (Å²) in [6.07, 6.45) is 4.01. The Morgan fingerprint density at radius 2 is 2.06 bits per heavy atom. The number of anilines is 2. The molecular weight excluding hydrogens is 698 g/mol. The average Bonchev–Trinajstić information content (AvgIpc) is 3.90. The lowest BCUT2D eigenvalue weighted by molar-refractivity contribution is -0.766. The van der Waals surface area contributed by atoms with Crippen LogP contribution in [0.4, 0.5) is 10.9 Å². The van der Waals surface area contributed by atoms with E-state index in [1.807, 2.05) is 16.9 Å². The summed E-state index contributed by atoms with van der Waals surface area (Å²) in [5, 5.41) is 24.4. The number of carbonyl (C=O) groups is 3. The third kappa shape index (κ3) is 5.86. The number of carboxylic acids is 1. The van der Waals surface area contributed by atoms with Gasteiger partial charge in [0, 0.05) is 53.2 Å². The molecule has 14 nitrogen and oxygen atoms in total. The van der Waals surface area contributed by atoms with E-state index in [1.54, 1.807) is 11.3 Å². The molecule has 2 fully saturated rings. The summed E-state index contributed by atoms with van der Waals surface area (Å²) in [7, 11) is 1.29. The normalized spacial score (nSPS) is 20.7. The molecule has 1 amide bonds. The molecular formula is C30H33ClN9O5S3+. The van der Waals surface area contributed by atoms with Crippen molar-refractivity contribution in [3.63, 3.8) is 0 Å². The largest absolute Gasteiger partial charge is 0.477 e. The number of hydrogen-bond acceptors (Lipinski definition) is 12. The number of nitrogens with one attached hydrogen (secondary N) is 1. The van der Waals surface area contributed by atoms with Crippen LogP contribution in [0.15, 0.2) is 40.1 Å². The minimum atomic E-state index is -1.18. The number of halogens is 1. The van der Waals surface area contributed by atoms with Gasteiger partial charge in [0.1, 0.15) is 28.7 Å². The molecule has 4 aliphatic heterocycles. The van der Waals surface area contributed by atoms with Crippen molar-refractivity contribution in [2.24, 2.45) is 11.1 Å². The number of Topliss-reactive ketones (excluding diaryl/α,β-unsaturated/α-hetero) is 1. The number of carbonyl (C=O) groups excluding carboxylic acids is 2. The molecule has 0 aromatic carbocycles. The number of amidine groups is 1. The molecule has 2 saturated heterocycles. The highest BCUT2D eigenvalue weighted by Crippen LogP contribution is 2.45. The Balaban J connectivity index is 1.04. The van der Waals surface area contributed by atoms with E-state index in [2.05, 4.69) is 36.1 Å². The van der Waals surface area contributed by atoms with Gasteiger partial charge >= 0.3 is 5.97 Å². The van der Waals surface area contributed by atoms with Crippen molar-refractivity contribution in [2.75, 3.05) is 43.1 Å². The molecule has 3 aromatic heterocycles. The third-order valence-corrected chi connectivity index (χ3v) is 12.4. The number of thioether (sulfide) groups is 1. The number of carboxylic acid groups (broad SMARTS) is 1. The summed E-state index contributed by atoms with van der Waals surface area (Å²) in [6.45, 7) is 4.47. The van der Waals surface area contributed by atoms with Crippen molar-refractivity contribution >= 4 is 86.2 Å². The molecule has 48 heavy (non-hydrogen) atoms. The maximum Gasteiger partial charge on any atom is 0.352 e. The first-order valence-corrected chi connectivity index (χ1v) is 18.5. The van der Waals surface area contributed by atoms with Crippen LogP contribution in [0.1, 0.15) is 35.4 Å². The lowest BCUT2D eigenvalue weighted by Crippen LogP contribution is -2.62.